The van der Waals surface area contributed by atoms with Crippen LogP contribution in [0.4, 0.5) is 0 Å². The highest BCUT2D eigenvalue weighted by atomic mass is 32.2. The highest BCUT2D eigenvalue weighted by molar-refractivity contribution is 7.89. The molecule has 0 unspecified atom stereocenters. The summed E-state index contributed by atoms with van der Waals surface area (Å²) in [7, 11) is -3.09. The average molecular weight is 302 g/mol. The number of nitrogens with one attached hydrogen (secondary N) is 2. The fourth-order valence-electron chi connectivity index (χ4n) is 3.32. The monoisotopic (exact) mass is 302 g/mol. The lowest BCUT2D eigenvalue weighted by atomic mass is 9.76. The Kier molecular flexibility index (Phi) is 5.49. The van der Waals surface area contributed by atoms with Crippen molar-refractivity contribution >= 4 is 10.0 Å². The van der Waals surface area contributed by atoms with Gasteiger partial charge >= 0.3 is 0 Å². The van der Waals surface area contributed by atoms with E-state index in [-0.39, 0.29) is 6.04 Å². The van der Waals surface area contributed by atoms with Gasteiger partial charge in [-0.15, -0.1) is 0 Å². The molecule has 2 fully saturated rings. The van der Waals surface area contributed by atoms with Crippen LogP contribution in [0.1, 0.15) is 58.8 Å². The van der Waals surface area contributed by atoms with Gasteiger partial charge in [0.05, 0.1) is 5.75 Å². The lowest BCUT2D eigenvalue weighted by Gasteiger charge is -2.34. The molecule has 2 aliphatic rings. The summed E-state index contributed by atoms with van der Waals surface area (Å²) >= 11 is 0. The van der Waals surface area contributed by atoms with Crippen molar-refractivity contribution in [3.63, 3.8) is 0 Å². The van der Waals surface area contributed by atoms with E-state index in [0.29, 0.717) is 17.1 Å². The average Bonchev–Trinajstić information content (AvgIpc) is 2.40. The minimum Gasteiger partial charge on any atom is -0.317 e. The van der Waals surface area contributed by atoms with Crippen LogP contribution < -0.4 is 10.0 Å². The molecule has 0 radical (unpaired) electrons. The molecule has 1 heterocycles. The van der Waals surface area contributed by atoms with Crippen LogP contribution in [0, 0.1) is 11.3 Å². The lowest BCUT2D eigenvalue weighted by molar-refractivity contribution is 0.218. The molecule has 0 amide bonds. The normalized spacial score (nSPS) is 25.7. The maximum Gasteiger partial charge on any atom is 0.211 e. The van der Waals surface area contributed by atoms with Crippen LogP contribution >= 0.6 is 0 Å². The van der Waals surface area contributed by atoms with Gasteiger partial charge in [0.2, 0.25) is 10.0 Å². The van der Waals surface area contributed by atoms with Gasteiger partial charge in [0, 0.05) is 6.04 Å². The van der Waals surface area contributed by atoms with E-state index in [1.165, 1.54) is 0 Å². The summed E-state index contributed by atoms with van der Waals surface area (Å²) in [5.74, 6) is 0.885. The Bertz CT molecular complexity index is 390. The second-order valence-corrected chi connectivity index (χ2v) is 9.23. The van der Waals surface area contributed by atoms with Crippen LogP contribution in [-0.4, -0.2) is 33.3 Å². The third-order valence-corrected chi connectivity index (χ3v) is 6.40. The predicted octanol–water partition coefficient (Wildman–Crippen LogP) is 2.26. The molecule has 1 saturated heterocycles. The molecule has 1 saturated carbocycles. The van der Waals surface area contributed by atoms with Crippen LogP contribution in [0.25, 0.3) is 0 Å². The zero-order valence-corrected chi connectivity index (χ0v) is 13.8. The second-order valence-electron chi connectivity index (χ2n) is 7.36. The number of hydrogen-bond acceptors (Lipinski definition) is 3. The van der Waals surface area contributed by atoms with Crippen molar-refractivity contribution in [1.29, 1.82) is 0 Å². The van der Waals surface area contributed by atoms with Crippen LogP contribution in [-0.2, 0) is 10.0 Å². The number of sulfonamides is 1. The lowest BCUT2D eigenvalue weighted by Crippen LogP contribution is -2.40. The molecular weight excluding hydrogens is 272 g/mol. The Labute approximate surface area is 124 Å². The Morgan fingerprint density at radius 2 is 1.70 bits per heavy atom. The minimum atomic E-state index is -3.09. The Morgan fingerprint density at radius 1 is 1.10 bits per heavy atom. The first-order valence-electron chi connectivity index (χ1n) is 8.07. The van der Waals surface area contributed by atoms with Gasteiger partial charge in [-0.1, -0.05) is 13.8 Å². The molecule has 118 valence electrons. The first kappa shape index (κ1) is 16.2. The van der Waals surface area contributed by atoms with E-state index in [4.69, 9.17) is 0 Å². The molecule has 1 aliphatic carbocycles. The third kappa shape index (κ3) is 5.34. The maximum absolute atomic E-state index is 12.2. The van der Waals surface area contributed by atoms with Gasteiger partial charge in [-0.3, -0.25) is 0 Å². The number of hydrogen-bond donors (Lipinski definition) is 2. The summed E-state index contributed by atoms with van der Waals surface area (Å²) in [5, 5.41) is 3.32. The summed E-state index contributed by atoms with van der Waals surface area (Å²) < 4.78 is 27.3. The Hall–Kier alpha value is -0.130. The molecule has 5 heteroatoms. The molecule has 0 aromatic rings. The number of piperidine rings is 1. The Morgan fingerprint density at radius 3 is 2.30 bits per heavy atom. The van der Waals surface area contributed by atoms with Gasteiger partial charge in [-0.25, -0.2) is 13.1 Å². The van der Waals surface area contributed by atoms with Gasteiger partial charge < -0.3 is 5.32 Å². The van der Waals surface area contributed by atoms with Crippen LogP contribution in [0.5, 0.6) is 0 Å². The fourth-order valence-corrected chi connectivity index (χ4v) is 4.83. The first-order chi connectivity index (χ1) is 9.36. The molecular formula is C15H30N2O2S. The van der Waals surface area contributed by atoms with Gasteiger partial charge in [0.15, 0.2) is 0 Å². The highest BCUT2D eigenvalue weighted by Gasteiger charge is 2.29. The first-order valence-corrected chi connectivity index (χ1v) is 9.72. The molecule has 0 bridgehead atoms. The van der Waals surface area contributed by atoms with E-state index >= 15 is 0 Å². The van der Waals surface area contributed by atoms with Gasteiger partial charge in [-0.05, 0) is 69.4 Å². The zero-order valence-electron chi connectivity index (χ0n) is 13.0. The van der Waals surface area contributed by atoms with E-state index < -0.39 is 10.0 Å². The molecule has 0 atom stereocenters. The quantitative estimate of drug-likeness (QED) is 0.819. The SMILES string of the molecule is CC1(C)CCC(NS(=O)(=O)CCC2CCNCC2)CC1. The molecule has 0 aromatic heterocycles. The van der Waals surface area contributed by atoms with Gasteiger partial charge in [0.25, 0.3) is 0 Å². The van der Waals surface area contributed by atoms with E-state index in [1.807, 2.05) is 0 Å². The van der Waals surface area contributed by atoms with Gasteiger partial charge in [-0.2, -0.15) is 0 Å². The van der Waals surface area contributed by atoms with Crippen molar-refractivity contribution in [2.75, 3.05) is 18.8 Å². The second kappa shape index (κ2) is 6.75. The highest BCUT2D eigenvalue weighted by Crippen LogP contribution is 2.35. The molecule has 0 spiro atoms. The van der Waals surface area contributed by atoms with E-state index in [2.05, 4.69) is 23.9 Å². The van der Waals surface area contributed by atoms with Crippen molar-refractivity contribution < 1.29 is 8.42 Å². The van der Waals surface area contributed by atoms with Crippen LogP contribution in [0.15, 0.2) is 0 Å². The molecule has 1 aliphatic heterocycles. The predicted molar refractivity (Wildman–Crippen MR) is 83.2 cm³/mol. The minimum absolute atomic E-state index is 0.168. The van der Waals surface area contributed by atoms with Crippen molar-refractivity contribution in [2.24, 2.45) is 11.3 Å². The van der Waals surface area contributed by atoms with Crippen molar-refractivity contribution in [3.05, 3.63) is 0 Å². The summed E-state index contributed by atoms with van der Waals surface area (Å²) in [5.41, 5.74) is 0.386. The summed E-state index contributed by atoms with van der Waals surface area (Å²) in [6.45, 7) is 6.62. The van der Waals surface area contributed by atoms with Crippen molar-refractivity contribution in [2.45, 2.75) is 64.8 Å². The molecule has 2 rings (SSSR count). The van der Waals surface area contributed by atoms with E-state index in [1.54, 1.807) is 0 Å². The summed E-state index contributed by atoms with van der Waals surface area (Å²) in [6, 6.07) is 0.168. The third-order valence-electron chi connectivity index (χ3n) is 4.94. The van der Waals surface area contributed by atoms with Crippen LogP contribution in [0.3, 0.4) is 0 Å². The molecule has 2 N–H and O–H groups in total. The van der Waals surface area contributed by atoms with Crippen molar-refractivity contribution in [3.8, 4) is 0 Å². The molecule has 4 nitrogen and oxygen atoms in total. The maximum atomic E-state index is 12.2. The number of rotatable bonds is 5. The Balaban J connectivity index is 1.73. The summed E-state index contributed by atoms with van der Waals surface area (Å²) in [6.07, 6.45) is 7.26. The smallest absolute Gasteiger partial charge is 0.211 e. The van der Waals surface area contributed by atoms with E-state index in [9.17, 15) is 8.42 Å². The fraction of sp³-hybridized carbons (Fsp3) is 1.00. The zero-order chi connectivity index (χ0) is 14.6. The van der Waals surface area contributed by atoms with Crippen molar-refractivity contribution in [1.82, 2.24) is 10.0 Å². The van der Waals surface area contributed by atoms with Gasteiger partial charge in [0.1, 0.15) is 0 Å². The summed E-state index contributed by atoms with van der Waals surface area (Å²) in [4.78, 5) is 0. The standard InChI is InChI=1S/C15H30N2O2S/c1-15(2)8-3-14(4-9-15)17-20(18,19)12-7-13-5-10-16-11-6-13/h13-14,16-17H,3-12H2,1-2H3. The largest absolute Gasteiger partial charge is 0.317 e. The van der Waals surface area contributed by atoms with Crippen LogP contribution in [0.2, 0.25) is 0 Å². The van der Waals surface area contributed by atoms with E-state index in [0.717, 1.165) is 58.0 Å². The molecule has 0 aromatic carbocycles. The molecule has 20 heavy (non-hydrogen) atoms. The topological polar surface area (TPSA) is 58.2 Å².